The monoisotopic (exact) mass is 471 g/mol. The lowest BCUT2D eigenvalue weighted by molar-refractivity contribution is -0.132. The van der Waals surface area contributed by atoms with Gasteiger partial charge in [0.1, 0.15) is 23.8 Å². The standard InChI is InChI=1S/C26H34FN3O4/c1-21(31)30-16-15-28(18-26(33,19-30)20-34-24-5-3-2-4-6-24)17-25(32)11-13-29(14-12-25)23-9-7-22(27)8-10-23/h2-10,32-33H,11-20H2,1H3/t26-/m0/s1. The molecule has 4 rings (SSSR count). The van der Waals surface area contributed by atoms with Crippen molar-refractivity contribution >= 4 is 11.6 Å². The minimum absolute atomic E-state index is 0.0497. The number of benzene rings is 2. The lowest BCUT2D eigenvalue weighted by Gasteiger charge is -2.42. The summed E-state index contributed by atoms with van der Waals surface area (Å²) in [5.41, 5.74) is -1.21. The Morgan fingerprint density at radius 2 is 1.62 bits per heavy atom. The van der Waals surface area contributed by atoms with Crippen molar-refractivity contribution in [2.45, 2.75) is 31.0 Å². The fraction of sp³-hybridized carbons (Fsp3) is 0.500. The second-order valence-electron chi connectivity index (χ2n) is 9.67. The summed E-state index contributed by atoms with van der Waals surface area (Å²) in [4.78, 5) is 18.0. The number of β-amino-alcohol motifs (C(OH)–C–C–N with tert-alkyl or cyclic N) is 2. The van der Waals surface area contributed by atoms with Gasteiger partial charge in [0, 0.05) is 51.9 Å². The molecule has 2 fully saturated rings. The first-order valence-electron chi connectivity index (χ1n) is 11.8. The number of anilines is 1. The van der Waals surface area contributed by atoms with E-state index in [4.69, 9.17) is 4.74 Å². The van der Waals surface area contributed by atoms with E-state index in [1.54, 1.807) is 17.0 Å². The van der Waals surface area contributed by atoms with Crippen LogP contribution in [0.2, 0.25) is 0 Å². The van der Waals surface area contributed by atoms with E-state index in [0.717, 1.165) is 5.69 Å². The lowest BCUT2D eigenvalue weighted by atomic mass is 9.90. The second kappa shape index (κ2) is 10.3. The van der Waals surface area contributed by atoms with Crippen LogP contribution in [0.1, 0.15) is 19.8 Å². The summed E-state index contributed by atoms with van der Waals surface area (Å²) in [6.07, 6.45) is 1.13. The maximum absolute atomic E-state index is 13.2. The third kappa shape index (κ3) is 6.25. The quantitative estimate of drug-likeness (QED) is 0.672. The molecular formula is C26H34FN3O4. The second-order valence-corrected chi connectivity index (χ2v) is 9.67. The van der Waals surface area contributed by atoms with Crippen LogP contribution in [0.25, 0.3) is 0 Å². The van der Waals surface area contributed by atoms with Gasteiger partial charge in [0.2, 0.25) is 5.91 Å². The molecule has 0 aromatic heterocycles. The van der Waals surface area contributed by atoms with Crippen LogP contribution in [0.15, 0.2) is 54.6 Å². The third-order valence-electron chi connectivity index (χ3n) is 6.79. The van der Waals surface area contributed by atoms with E-state index in [2.05, 4.69) is 4.90 Å². The maximum Gasteiger partial charge on any atom is 0.219 e. The molecule has 184 valence electrons. The zero-order chi connectivity index (χ0) is 24.2. The summed E-state index contributed by atoms with van der Waals surface area (Å²) < 4.78 is 19.1. The molecule has 0 aliphatic carbocycles. The van der Waals surface area contributed by atoms with Gasteiger partial charge in [-0.2, -0.15) is 0 Å². The van der Waals surface area contributed by atoms with Crippen LogP contribution in [-0.2, 0) is 4.79 Å². The Morgan fingerprint density at radius 1 is 0.941 bits per heavy atom. The summed E-state index contributed by atoms with van der Waals surface area (Å²) in [7, 11) is 0. The van der Waals surface area contributed by atoms with Crippen molar-refractivity contribution < 1.29 is 24.1 Å². The number of aliphatic hydroxyl groups is 2. The van der Waals surface area contributed by atoms with E-state index in [1.807, 2.05) is 35.2 Å². The number of hydrogen-bond donors (Lipinski definition) is 2. The number of carbonyl (C=O) groups is 1. The van der Waals surface area contributed by atoms with Crippen LogP contribution >= 0.6 is 0 Å². The number of halogens is 1. The smallest absolute Gasteiger partial charge is 0.219 e. The molecule has 1 amide bonds. The molecule has 2 aliphatic rings. The van der Waals surface area contributed by atoms with Crippen molar-refractivity contribution in [3.05, 3.63) is 60.4 Å². The molecule has 7 nitrogen and oxygen atoms in total. The molecule has 0 radical (unpaired) electrons. The van der Waals surface area contributed by atoms with E-state index in [9.17, 15) is 19.4 Å². The van der Waals surface area contributed by atoms with Gasteiger partial charge < -0.3 is 24.7 Å². The molecule has 2 aromatic rings. The van der Waals surface area contributed by atoms with Crippen LogP contribution in [0, 0.1) is 5.82 Å². The summed E-state index contributed by atoms with van der Waals surface area (Å²) in [6.45, 7) is 4.83. The Balaban J connectivity index is 1.40. The van der Waals surface area contributed by atoms with Gasteiger partial charge in [-0.05, 0) is 49.2 Å². The Bertz CT molecular complexity index is 950. The van der Waals surface area contributed by atoms with E-state index in [0.29, 0.717) is 57.9 Å². The molecule has 2 aromatic carbocycles. The normalized spacial score (nSPS) is 23.4. The van der Waals surface area contributed by atoms with Crippen molar-refractivity contribution in [2.75, 3.05) is 57.3 Å². The molecule has 2 N–H and O–H groups in total. The molecule has 2 saturated heterocycles. The average Bonchev–Trinajstić information content (AvgIpc) is 2.98. The molecule has 0 spiro atoms. The van der Waals surface area contributed by atoms with E-state index in [-0.39, 0.29) is 24.9 Å². The highest BCUT2D eigenvalue weighted by Gasteiger charge is 2.40. The van der Waals surface area contributed by atoms with Gasteiger partial charge in [0.15, 0.2) is 0 Å². The average molecular weight is 472 g/mol. The minimum Gasteiger partial charge on any atom is -0.490 e. The van der Waals surface area contributed by atoms with Crippen LogP contribution in [0.4, 0.5) is 10.1 Å². The van der Waals surface area contributed by atoms with Gasteiger partial charge in [0.25, 0.3) is 0 Å². The molecule has 0 saturated carbocycles. The van der Waals surface area contributed by atoms with Crippen LogP contribution in [-0.4, -0.2) is 89.5 Å². The van der Waals surface area contributed by atoms with E-state index < -0.39 is 11.2 Å². The largest absolute Gasteiger partial charge is 0.490 e. The van der Waals surface area contributed by atoms with Gasteiger partial charge in [-0.1, -0.05) is 18.2 Å². The third-order valence-corrected chi connectivity index (χ3v) is 6.79. The van der Waals surface area contributed by atoms with Crippen molar-refractivity contribution in [1.29, 1.82) is 0 Å². The molecule has 8 heteroatoms. The van der Waals surface area contributed by atoms with Crippen molar-refractivity contribution in [1.82, 2.24) is 9.80 Å². The van der Waals surface area contributed by atoms with Crippen molar-refractivity contribution in [2.24, 2.45) is 0 Å². The van der Waals surface area contributed by atoms with Gasteiger partial charge in [-0.3, -0.25) is 9.69 Å². The van der Waals surface area contributed by atoms with Gasteiger partial charge in [-0.15, -0.1) is 0 Å². The van der Waals surface area contributed by atoms with Crippen LogP contribution < -0.4 is 9.64 Å². The minimum atomic E-state index is -1.26. The van der Waals surface area contributed by atoms with E-state index >= 15 is 0 Å². The first-order chi connectivity index (χ1) is 16.2. The Hall–Kier alpha value is -2.68. The van der Waals surface area contributed by atoms with Crippen molar-refractivity contribution in [3.8, 4) is 5.75 Å². The highest BCUT2D eigenvalue weighted by molar-refractivity contribution is 5.73. The molecule has 0 unspecified atom stereocenters. The molecule has 34 heavy (non-hydrogen) atoms. The number of hydrogen-bond acceptors (Lipinski definition) is 6. The Kier molecular flexibility index (Phi) is 7.40. The Morgan fingerprint density at radius 3 is 2.26 bits per heavy atom. The van der Waals surface area contributed by atoms with E-state index in [1.165, 1.54) is 19.1 Å². The number of rotatable bonds is 6. The highest BCUT2D eigenvalue weighted by Crippen LogP contribution is 2.28. The SMILES string of the molecule is CC(=O)N1CCN(CC2(O)CCN(c3ccc(F)cc3)CC2)C[C@@](O)(COc2ccccc2)C1. The number of amides is 1. The fourth-order valence-corrected chi connectivity index (χ4v) is 4.88. The topological polar surface area (TPSA) is 76.5 Å². The molecule has 2 heterocycles. The fourth-order valence-electron chi connectivity index (χ4n) is 4.88. The summed E-state index contributed by atoms with van der Waals surface area (Å²) in [5.74, 6) is 0.306. The van der Waals surface area contributed by atoms with Gasteiger partial charge in [0.05, 0.1) is 12.1 Å². The first kappa shape index (κ1) is 24.4. The molecule has 2 aliphatic heterocycles. The molecule has 1 atom stereocenters. The summed E-state index contributed by atoms with van der Waals surface area (Å²) in [5, 5.41) is 22.8. The maximum atomic E-state index is 13.2. The molecule has 0 bridgehead atoms. The van der Waals surface area contributed by atoms with Gasteiger partial charge in [-0.25, -0.2) is 4.39 Å². The number of ether oxygens (including phenoxy) is 1. The van der Waals surface area contributed by atoms with Crippen LogP contribution in [0.5, 0.6) is 5.75 Å². The predicted octanol–water partition coefficient (Wildman–Crippen LogP) is 2.13. The van der Waals surface area contributed by atoms with Crippen LogP contribution in [0.3, 0.4) is 0 Å². The Labute approximate surface area is 200 Å². The van der Waals surface area contributed by atoms with Gasteiger partial charge >= 0.3 is 0 Å². The number of carbonyl (C=O) groups excluding carboxylic acids is 1. The number of para-hydroxylation sites is 1. The number of piperidine rings is 1. The predicted molar refractivity (Wildman–Crippen MR) is 128 cm³/mol. The number of nitrogens with zero attached hydrogens (tertiary/aromatic N) is 3. The summed E-state index contributed by atoms with van der Waals surface area (Å²) in [6, 6.07) is 15.7. The van der Waals surface area contributed by atoms with Crippen molar-refractivity contribution in [3.63, 3.8) is 0 Å². The summed E-state index contributed by atoms with van der Waals surface area (Å²) >= 11 is 0. The first-order valence-corrected chi connectivity index (χ1v) is 11.8. The highest BCUT2D eigenvalue weighted by atomic mass is 19.1. The zero-order valence-corrected chi connectivity index (χ0v) is 19.7. The lowest BCUT2D eigenvalue weighted by Crippen LogP contribution is -2.55. The zero-order valence-electron chi connectivity index (χ0n) is 19.7. The molecular weight excluding hydrogens is 437 g/mol.